The van der Waals surface area contributed by atoms with Gasteiger partial charge in [-0.1, -0.05) is 17.7 Å². The number of sulfone groups is 1. The summed E-state index contributed by atoms with van der Waals surface area (Å²) >= 11 is 5.81. The van der Waals surface area contributed by atoms with Gasteiger partial charge in [0.2, 0.25) is 9.84 Å². The van der Waals surface area contributed by atoms with Gasteiger partial charge in [0.15, 0.2) is 0 Å². The highest BCUT2D eigenvalue weighted by Crippen LogP contribution is 2.50. The molecule has 1 aromatic heterocycles. The van der Waals surface area contributed by atoms with Crippen molar-refractivity contribution in [3.05, 3.63) is 76.4 Å². The molecule has 0 aliphatic heterocycles. The third-order valence-electron chi connectivity index (χ3n) is 6.07. The van der Waals surface area contributed by atoms with Crippen LogP contribution in [0, 0.1) is 0 Å². The van der Waals surface area contributed by atoms with E-state index in [9.17, 15) is 49.8 Å². The van der Waals surface area contributed by atoms with E-state index in [0.29, 0.717) is 0 Å². The van der Waals surface area contributed by atoms with Crippen LogP contribution >= 0.6 is 11.6 Å². The molecule has 4 aromatic rings. The number of aromatic amines is 1. The first kappa shape index (κ1) is 29.2. The van der Waals surface area contributed by atoms with Gasteiger partial charge in [0.25, 0.3) is 0 Å². The molecule has 1 heterocycles. The van der Waals surface area contributed by atoms with Gasteiger partial charge < -0.3 is 20.9 Å². The lowest BCUT2D eigenvalue weighted by Crippen LogP contribution is -2.32. The van der Waals surface area contributed by atoms with Crippen LogP contribution in [0.25, 0.3) is 22.0 Å². The Kier molecular flexibility index (Phi) is 7.32. The first-order valence-electron chi connectivity index (χ1n) is 11.1. The minimum atomic E-state index is -5.55. The second kappa shape index (κ2) is 10.0. The lowest BCUT2D eigenvalue weighted by atomic mass is 9.87. The van der Waals surface area contributed by atoms with Crippen molar-refractivity contribution in [3.8, 4) is 16.9 Å². The molecule has 0 aliphatic rings. The smallest absolute Gasteiger partial charge is 0.420 e. The molecule has 7 nitrogen and oxygen atoms in total. The zero-order valence-corrected chi connectivity index (χ0v) is 21.3. The van der Waals surface area contributed by atoms with Crippen molar-refractivity contribution in [1.29, 1.82) is 0 Å². The quantitative estimate of drug-likeness (QED) is 0.198. The van der Waals surface area contributed by atoms with Crippen molar-refractivity contribution in [1.82, 2.24) is 4.98 Å². The van der Waals surface area contributed by atoms with Crippen LogP contribution in [-0.2, 0) is 33.4 Å². The molecule has 3 aromatic carbocycles. The fourth-order valence-corrected chi connectivity index (χ4v) is 5.80. The van der Waals surface area contributed by atoms with E-state index < -0.39 is 74.2 Å². The van der Waals surface area contributed by atoms with Gasteiger partial charge in [-0.3, -0.25) is 4.79 Å². The van der Waals surface area contributed by atoms with Gasteiger partial charge in [-0.2, -0.15) is 26.3 Å². The van der Waals surface area contributed by atoms with Crippen LogP contribution in [0.2, 0.25) is 5.02 Å². The molecule has 0 unspecified atom stereocenters. The van der Waals surface area contributed by atoms with Gasteiger partial charge in [0.05, 0.1) is 15.4 Å². The number of phenols is 1. The fourth-order valence-electron chi connectivity index (χ4n) is 4.25. The summed E-state index contributed by atoms with van der Waals surface area (Å²) in [4.78, 5) is 13.5. The number of aromatic nitrogens is 1. The molecule has 0 aliphatic carbocycles. The van der Waals surface area contributed by atoms with Crippen molar-refractivity contribution in [3.63, 3.8) is 0 Å². The molecule has 40 heavy (non-hydrogen) atoms. The molecule has 0 saturated heterocycles. The topological polar surface area (TPSA) is 133 Å². The van der Waals surface area contributed by atoms with E-state index in [-0.39, 0.29) is 31.8 Å². The Bertz CT molecular complexity index is 1730. The van der Waals surface area contributed by atoms with Crippen LogP contribution in [0.1, 0.15) is 16.7 Å². The van der Waals surface area contributed by atoms with E-state index in [1.807, 2.05) is 0 Å². The number of aliphatic carboxylic acids is 1. The van der Waals surface area contributed by atoms with Gasteiger partial charge in [0.1, 0.15) is 17.4 Å². The van der Waals surface area contributed by atoms with Crippen molar-refractivity contribution in [2.45, 2.75) is 34.6 Å². The normalized spacial score (nSPS) is 13.5. The van der Waals surface area contributed by atoms with Crippen molar-refractivity contribution in [2.75, 3.05) is 0 Å². The van der Waals surface area contributed by atoms with Crippen LogP contribution in [0.5, 0.6) is 5.75 Å². The molecular formula is C25H17ClF6N2O5S. The number of carbonyl (C=O) groups is 1. The number of carboxylic acids is 1. The SMILES string of the molecule is N[C@@H](Cc1cc(C(F)(F)F)c(O)c(C(F)(F)F)c1-c1ccc2[nH]cc(S(=O)(=O)c3ccc(Cl)cc3)c2c1)C(=O)O. The lowest BCUT2D eigenvalue weighted by Gasteiger charge is -2.23. The third-order valence-corrected chi connectivity index (χ3v) is 8.13. The maximum absolute atomic E-state index is 14.2. The molecule has 1 atom stereocenters. The molecular weight excluding hydrogens is 590 g/mol. The predicted octanol–water partition coefficient (Wildman–Crippen LogP) is 6.02. The summed E-state index contributed by atoms with van der Waals surface area (Å²) in [7, 11) is -4.26. The first-order valence-corrected chi connectivity index (χ1v) is 12.9. The number of hydrogen-bond donors (Lipinski definition) is 4. The van der Waals surface area contributed by atoms with Gasteiger partial charge in [-0.05, 0) is 60.0 Å². The maximum atomic E-state index is 14.2. The minimum absolute atomic E-state index is 0.117. The zero-order chi connectivity index (χ0) is 29.8. The molecule has 4 rings (SSSR count). The van der Waals surface area contributed by atoms with Gasteiger partial charge in [0, 0.05) is 27.7 Å². The molecule has 0 spiro atoms. The summed E-state index contributed by atoms with van der Waals surface area (Å²) in [6.45, 7) is 0. The Balaban J connectivity index is 2.05. The molecule has 5 N–H and O–H groups in total. The third kappa shape index (κ3) is 5.33. The van der Waals surface area contributed by atoms with E-state index in [0.717, 1.165) is 18.3 Å². The van der Waals surface area contributed by atoms with Crippen LogP contribution in [0.4, 0.5) is 26.3 Å². The van der Waals surface area contributed by atoms with Crippen molar-refractivity contribution >= 4 is 38.3 Å². The average molecular weight is 607 g/mol. The number of H-pyrrole nitrogens is 1. The second-order valence-electron chi connectivity index (χ2n) is 8.70. The van der Waals surface area contributed by atoms with Gasteiger partial charge >= 0.3 is 18.3 Å². The molecule has 0 bridgehead atoms. The number of carboxylic acid groups (broad SMARTS) is 1. The highest BCUT2D eigenvalue weighted by Gasteiger charge is 2.45. The monoisotopic (exact) mass is 606 g/mol. The standard InChI is InChI=1S/C25H17ClF6N2O5S/c26-13-2-4-14(5-3-13)40(38,39)19-10-34-18-6-1-11(7-15(18)19)20-12(9-17(33)23(36)37)8-16(24(27,28)29)22(35)21(20)25(30,31)32/h1-8,10,17,34-35H,9,33H2,(H,36,37)/t17-/m0/s1. The Hall–Kier alpha value is -3.75. The maximum Gasteiger partial charge on any atom is 0.420 e. The summed E-state index contributed by atoms with van der Waals surface area (Å²) in [5.74, 6) is -3.82. The number of hydrogen-bond acceptors (Lipinski definition) is 5. The summed E-state index contributed by atoms with van der Waals surface area (Å²) in [6.07, 6.45) is -10.9. The number of rotatable bonds is 6. The molecule has 212 valence electrons. The Morgan fingerprint density at radius 3 is 2.17 bits per heavy atom. The average Bonchev–Trinajstić information content (AvgIpc) is 3.27. The zero-order valence-electron chi connectivity index (χ0n) is 19.7. The van der Waals surface area contributed by atoms with E-state index in [2.05, 4.69) is 4.98 Å². The Labute approximate surface area is 226 Å². The van der Waals surface area contributed by atoms with Gasteiger partial charge in [-0.25, -0.2) is 8.42 Å². The highest BCUT2D eigenvalue weighted by molar-refractivity contribution is 7.91. The van der Waals surface area contributed by atoms with Crippen LogP contribution < -0.4 is 5.73 Å². The molecule has 0 radical (unpaired) electrons. The summed E-state index contributed by atoms with van der Waals surface area (Å²) in [6, 6.07) is 6.59. The summed E-state index contributed by atoms with van der Waals surface area (Å²) in [5, 5.41) is 19.5. The Morgan fingerprint density at radius 1 is 1.00 bits per heavy atom. The highest BCUT2D eigenvalue weighted by atomic mass is 35.5. The number of alkyl halides is 6. The summed E-state index contributed by atoms with van der Waals surface area (Å²) < 4.78 is 110. The van der Waals surface area contributed by atoms with E-state index in [1.165, 1.54) is 30.3 Å². The number of fused-ring (bicyclic) bond motifs is 1. The van der Waals surface area contributed by atoms with Crippen molar-refractivity contribution in [2.24, 2.45) is 5.73 Å². The Morgan fingerprint density at radius 2 is 1.62 bits per heavy atom. The molecule has 0 saturated carbocycles. The van der Waals surface area contributed by atoms with Gasteiger partial charge in [-0.15, -0.1) is 0 Å². The molecule has 0 fully saturated rings. The molecule has 0 amide bonds. The fraction of sp³-hybridized carbons (Fsp3) is 0.160. The van der Waals surface area contributed by atoms with E-state index in [4.69, 9.17) is 17.3 Å². The predicted molar refractivity (Wildman–Crippen MR) is 132 cm³/mol. The number of nitrogens with two attached hydrogens (primary N) is 1. The first-order chi connectivity index (χ1) is 18.4. The number of benzene rings is 3. The molecule has 15 heteroatoms. The van der Waals surface area contributed by atoms with Crippen LogP contribution in [0.3, 0.4) is 0 Å². The lowest BCUT2D eigenvalue weighted by molar-refractivity contribution is -0.145. The van der Waals surface area contributed by atoms with Crippen LogP contribution in [-0.4, -0.2) is 35.6 Å². The van der Waals surface area contributed by atoms with Crippen LogP contribution in [0.15, 0.2) is 64.5 Å². The second-order valence-corrected chi connectivity index (χ2v) is 11.1. The number of phenolic OH excluding ortho intramolecular Hbond substituents is 1. The van der Waals surface area contributed by atoms with E-state index >= 15 is 0 Å². The van der Waals surface area contributed by atoms with E-state index in [1.54, 1.807) is 0 Å². The number of halogens is 7. The number of nitrogens with one attached hydrogen (secondary N) is 1. The minimum Gasteiger partial charge on any atom is -0.507 e. The largest absolute Gasteiger partial charge is 0.507 e. The number of aromatic hydroxyl groups is 1. The van der Waals surface area contributed by atoms with Crippen molar-refractivity contribution < 1.29 is 49.8 Å². The summed E-state index contributed by atoms with van der Waals surface area (Å²) in [5.41, 5.74) is -0.687.